The highest BCUT2D eigenvalue weighted by molar-refractivity contribution is 5.84. The zero-order valence-corrected chi connectivity index (χ0v) is 14.4. The fourth-order valence-corrected chi connectivity index (χ4v) is 3.28. The molecular formula is C17H30N2O3. The van der Waals surface area contributed by atoms with Crippen LogP contribution in [0.3, 0.4) is 0 Å². The van der Waals surface area contributed by atoms with E-state index >= 15 is 0 Å². The maximum absolute atomic E-state index is 12.5. The van der Waals surface area contributed by atoms with Crippen molar-refractivity contribution in [1.82, 2.24) is 10.2 Å². The summed E-state index contributed by atoms with van der Waals surface area (Å²) in [6.45, 7) is 9.90. The van der Waals surface area contributed by atoms with E-state index < -0.39 is 0 Å². The zero-order valence-electron chi connectivity index (χ0n) is 14.4. The van der Waals surface area contributed by atoms with Crippen LogP contribution < -0.4 is 5.32 Å². The molecule has 0 aromatic heterocycles. The van der Waals surface area contributed by atoms with E-state index in [0.717, 1.165) is 38.8 Å². The Balaban J connectivity index is 1.88. The number of nitrogens with one attached hydrogen (secondary N) is 1. The predicted molar refractivity (Wildman–Crippen MR) is 85.3 cm³/mol. The SMILES string of the molecule is CC(NC(=O)C1CCCN(C(=O)C(C)(C)C)C1)C1CCCO1. The molecule has 5 heteroatoms. The summed E-state index contributed by atoms with van der Waals surface area (Å²) in [5.41, 5.74) is -0.386. The van der Waals surface area contributed by atoms with Gasteiger partial charge in [-0.15, -0.1) is 0 Å². The minimum absolute atomic E-state index is 0.0451. The normalized spacial score (nSPS) is 27.5. The quantitative estimate of drug-likeness (QED) is 0.867. The Hall–Kier alpha value is -1.10. The van der Waals surface area contributed by atoms with Crippen molar-refractivity contribution in [2.24, 2.45) is 11.3 Å². The first-order valence-electron chi connectivity index (χ1n) is 8.50. The standard InChI is InChI=1S/C17H30N2O3/c1-12(14-8-6-10-22-14)18-15(20)13-7-5-9-19(11-13)16(21)17(2,3)4/h12-14H,5-11H2,1-4H3,(H,18,20). The molecule has 0 radical (unpaired) electrons. The van der Waals surface area contributed by atoms with Gasteiger partial charge in [-0.3, -0.25) is 9.59 Å². The maximum Gasteiger partial charge on any atom is 0.227 e. The first kappa shape index (κ1) is 17.3. The number of hydrogen-bond donors (Lipinski definition) is 1. The molecule has 2 rings (SSSR count). The average molecular weight is 310 g/mol. The number of likely N-dealkylation sites (tertiary alicyclic amines) is 1. The van der Waals surface area contributed by atoms with Crippen molar-refractivity contribution in [2.45, 2.75) is 65.5 Å². The van der Waals surface area contributed by atoms with E-state index in [9.17, 15) is 9.59 Å². The van der Waals surface area contributed by atoms with Crippen LogP contribution in [-0.4, -0.2) is 48.6 Å². The highest BCUT2D eigenvalue weighted by Gasteiger charge is 2.34. The molecule has 3 atom stereocenters. The molecule has 0 saturated carbocycles. The second kappa shape index (κ2) is 6.99. The molecule has 2 saturated heterocycles. The number of hydrogen-bond acceptors (Lipinski definition) is 3. The van der Waals surface area contributed by atoms with Crippen molar-refractivity contribution in [1.29, 1.82) is 0 Å². The molecule has 0 spiro atoms. The van der Waals surface area contributed by atoms with Gasteiger partial charge in [0.2, 0.25) is 11.8 Å². The van der Waals surface area contributed by atoms with Gasteiger partial charge in [-0.2, -0.15) is 0 Å². The van der Waals surface area contributed by atoms with Gasteiger partial charge in [0.05, 0.1) is 18.1 Å². The summed E-state index contributed by atoms with van der Waals surface area (Å²) in [7, 11) is 0. The molecule has 1 N–H and O–H groups in total. The van der Waals surface area contributed by atoms with Gasteiger partial charge in [0.1, 0.15) is 0 Å². The van der Waals surface area contributed by atoms with Crippen LogP contribution >= 0.6 is 0 Å². The second-order valence-corrected chi connectivity index (χ2v) is 7.69. The highest BCUT2D eigenvalue weighted by Crippen LogP contribution is 2.24. The zero-order chi connectivity index (χ0) is 16.3. The van der Waals surface area contributed by atoms with E-state index in [4.69, 9.17) is 4.74 Å². The molecule has 0 aliphatic carbocycles. The third-order valence-electron chi connectivity index (χ3n) is 4.61. The Labute approximate surface area is 133 Å². The van der Waals surface area contributed by atoms with E-state index in [1.807, 2.05) is 32.6 Å². The van der Waals surface area contributed by atoms with Crippen molar-refractivity contribution in [3.63, 3.8) is 0 Å². The van der Waals surface area contributed by atoms with Crippen molar-refractivity contribution in [3.8, 4) is 0 Å². The molecule has 2 heterocycles. The minimum atomic E-state index is -0.386. The molecular weight excluding hydrogens is 280 g/mol. The number of amides is 2. The van der Waals surface area contributed by atoms with Crippen LogP contribution in [0.1, 0.15) is 53.4 Å². The molecule has 2 aliphatic heterocycles. The van der Waals surface area contributed by atoms with Crippen LogP contribution in [0.2, 0.25) is 0 Å². The fourth-order valence-electron chi connectivity index (χ4n) is 3.28. The van der Waals surface area contributed by atoms with E-state index in [1.165, 1.54) is 0 Å². The molecule has 5 nitrogen and oxygen atoms in total. The number of nitrogens with zero attached hydrogens (tertiary/aromatic N) is 1. The first-order chi connectivity index (χ1) is 10.3. The van der Waals surface area contributed by atoms with Gasteiger partial charge in [-0.25, -0.2) is 0 Å². The molecule has 0 bridgehead atoms. The van der Waals surface area contributed by atoms with E-state index in [1.54, 1.807) is 0 Å². The van der Waals surface area contributed by atoms with Gasteiger partial charge < -0.3 is 15.0 Å². The summed E-state index contributed by atoms with van der Waals surface area (Å²) in [6, 6.07) is 0.0451. The van der Waals surface area contributed by atoms with Gasteiger partial charge in [0.15, 0.2) is 0 Å². The van der Waals surface area contributed by atoms with Crippen molar-refractivity contribution in [2.75, 3.05) is 19.7 Å². The summed E-state index contributed by atoms with van der Waals surface area (Å²) < 4.78 is 5.63. The Morgan fingerprint density at radius 3 is 2.55 bits per heavy atom. The molecule has 22 heavy (non-hydrogen) atoms. The molecule has 0 aromatic rings. The molecule has 2 amide bonds. The smallest absolute Gasteiger partial charge is 0.227 e. The Morgan fingerprint density at radius 1 is 1.23 bits per heavy atom. The lowest BCUT2D eigenvalue weighted by Crippen LogP contribution is -2.51. The summed E-state index contributed by atoms with van der Waals surface area (Å²) in [4.78, 5) is 26.7. The Kier molecular flexibility index (Phi) is 5.48. The summed E-state index contributed by atoms with van der Waals surface area (Å²) in [5, 5.41) is 3.09. The van der Waals surface area contributed by atoms with Gasteiger partial charge in [-0.1, -0.05) is 20.8 Å². The number of carbonyl (C=O) groups excluding carboxylic acids is 2. The lowest BCUT2D eigenvalue weighted by molar-refractivity contribution is -0.143. The molecule has 3 unspecified atom stereocenters. The second-order valence-electron chi connectivity index (χ2n) is 7.69. The maximum atomic E-state index is 12.5. The number of piperidine rings is 1. The minimum Gasteiger partial charge on any atom is -0.376 e. The number of ether oxygens (including phenoxy) is 1. The van der Waals surface area contributed by atoms with E-state index in [-0.39, 0.29) is 35.3 Å². The third kappa shape index (κ3) is 4.22. The van der Waals surface area contributed by atoms with Crippen molar-refractivity contribution < 1.29 is 14.3 Å². The summed E-state index contributed by atoms with van der Waals surface area (Å²) >= 11 is 0. The Bertz CT molecular complexity index is 411. The van der Waals surface area contributed by atoms with Crippen molar-refractivity contribution in [3.05, 3.63) is 0 Å². The molecule has 2 aliphatic rings. The topological polar surface area (TPSA) is 58.6 Å². The number of rotatable bonds is 3. The largest absolute Gasteiger partial charge is 0.376 e. The highest BCUT2D eigenvalue weighted by atomic mass is 16.5. The lowest BCUT2D eigenvalue weighted by Gasteiger charge is -2.36. The monoisotopic (exact) mass is 310 g/mol. The summed E-state index contributed by atoms with van der Waals surface area (Å²) in [6.07, 6.45) is 3.98. The lowest BCUT2D eigenvalue weighted by atomic mass is 9.90. The van der Waals surface area contributed by atoms with Gasteiger partial charge in [0, 0.05) is 25.1 Å². The van der Waals surface area contributed by atoms with E-state index in [0.29, 0.717) is 6.54 Å². The third-order valence-corrected chi connectivity index (χ3v) is 4.61. The molecule has 2 fully saturated rings. The molecule has 126 valence electrons. The van der Waals surface area contributed by atoms with Crippen LogP contribution in [0, 0.1) is 11.3 Å². The first-order valence-corrected chi connectivity index (χ1v) is 8.50. The van der Waals surface area contributed by atoms with Crippen LogP contribution in [0.25, 0.3) is 0 Å². The van der Waals surface area contributed by atoms with Gasteiger partial charge >= 0.3 is 0 Å². The van der Waals surface area contributed by atoms with Crippen LogP contribution in [0.5, 0.6) is 0 Å². The van der Waals surface area contributed by atoms with Crippen molar-refractivity contribution >= 4 is 11.8 Å². The molecule has 0 aromatic carbocycles. The average Bonchev–Trinajstić information content (AvgIpc) is 3.00. The Morgan fingerprint density at radius 2 is 1.95 bits per heavy atom. The fraction of sp³-hybridized carbons (Fsp3) is 0.882. The van der Waals surface area contributed by atoms with Gasteiger partial charge in [0.25, 0.3) is 0 Å². The predicted octanol–water partition coefficient (Wildman–Crippen LogP) is 1.95. The van der Waals surface area contributed by atoms with Crippen LogP contribution in [0.15, 0.2) is 0 Å². The van der Waals surface area contributed by atoms with Crippen LogP contribution in [-0.2, 0) is 14.3 Å². The van der Waals surface area contributed by atoms with Gasteiger partial charge in [-0.05, 0) is 32.6 Å². The van der Waals surface area contributed by atoms with Crippen LogP contribution in [0.4, 0.5) is 0 Å². The summed E-state index contributed by atoms with van der Waals surface area (Å²) in [5.74, 6) is 0.107. The van der Waals surface area contributed by atoms with E-state index in [2.05, 4.69) is 5.32 Å². The number of carbonyl (C=O) groups is 2.